The molecule has 0 unspecified atom stereocenters. The van der Waals surface area contributed by atoms with E-state index in [4.69, 9.17) is 16.3 Å². The van der Waals surface area contributed by atoms with E-state index in [0.717, 1.165) is 11.3 Å². The van der Waals surface area contributed by atoms with Crippen molar-refractivity contribution in [2.45, 2.75) is 0 Å². The van der Waals surface area contributed by atoms with Crippen LogP contribution in [0.4, 0.5) is 4.39 Å². The number of hydrogen-bond acceptors (Lipinski definition) is 1. The molecule has 0 fully saturated rings. The molecule has 0 radical (unpaired) electrons. The Labute approximate surface area is 124 Å². The third-order valence-corrected chi connectivity index (χ3v) is 3.92. The van der Waals surface area contributed by atoms with Gasteiger partial charge in [0, 0.05) is 0 Å². The lowest BCUT2D eigenvalue weighted by atomic mass is 10.1. The first-order valence-electron chi connectivity index (χ1n) is 5.57. The predicted octanol–water partition coefficient (Wildman–Crippen LogP) is 5.42. The van der Waals surface area contributed by atoms with Gasteiger partial charge in [0.25, 0.3) is 0 Å². The molecule has 0 heterocycles. The first-order valence-corrected chi connectivity index (χ1v) is 6.74. The molecule has 0 aromatic heterocycles. The Balaban J connectivity index is 2.22. The fourth-order valence-electron chi connectivity index (χ4n) is 1.58. The minimum absolute atomic E-state index is 0.288. The number of benzene rings is 2. The van der Waals surface area contributed by atoms with Crippen molar-refractivity contribution < 1.29 is 9.13 Å². The van der Waals surface area contributed by atoms with Gasteiger partial charge in [0.1, 0.15) is 11.6 Å². The number of methoxy groups -OCH3 is 1. The van der Waals surface area contributed by atoms with Gasteiger partial charge in [-0.1, -0.05) is 35.9 Å². The van der Waals surface area contributed by atoms with Crippen molar-refractivity contribution in [1.29, 1.82) is 0 Å². The van der Waals surface area contributed by atoms with Crippen LogP contribution in [0.5, 0.6) is 5.75 Å². The van der Waals surface area contributed by atoms with Gasteiger partial charge in [-0.25, -0.2) is 4.39 Å². The molecule has 2 rings (SSSR count). The van der Waals surface area contributed by atoms with Gasteiger partial charge >= 0.3 is 0 Å². The highest BCUT2D eigenvalue weighted by molar-refractivity contribution is 9.10. The average Bonchev–Trinajstić information content (AvgIpc) is 2.43. The molecule has 0 N–H and O–H groups in total. The Bertz CT molecular complexity index is 585. The van der Waals surface area contributed by atoms with Crippen molar-refractivity contribution in [1.82, 2.24) is 0 Å². The van der Waals surface area contributed by atoms with Gasteiger partial charge < -0.3 is 4.74 Å². The highest BCUT2D eigenvalue weighted by atomic mass is 79.9. The summed E-state index contributed by atoms with van der Waals surface area (Å²) in [7, 11) is 1.62. The van der Waals surface area contributed by atoms with Gasteiger partial charge in [0.05, 0.1) is 16.6 Å². The third-order valence-electron chi connectivity index (χ3n) is 2.59. The van der Waals surface area contributed by atoms with Gasteiger partial charge in [-0.3, -0.25) is 0 Å². The SMILES string of the molecule is COc1ccc(/C=C/c2cc(F)c(Br)c(Cl)c2)cc1. The molecule has 0 aliphatic carbocycles. The second-order valence-electron chi connectivity index (χ2n) is 3.91. The summed E-state index contributed by atoms with van der Waals surface area (Å²) < 4.78 is 18.9. The topological polar surface area (TPSA) is 9.23 Å². The first-order chi connectivity index (χ1) is 9.10. The van der Waals surface area contributed by atoms with E-state index >= 15 is 0 Å². The van der Waals surface area contributed by atoms with E-state index in [2.05, 4.69) is 15.9 Å². The molecule has 0 saturated carbocycles. The van der Waals surface area contributed by atoms with Crippen LogP contribution in [0, 0.1) is 5.82 Å². The van der Waals surface area contributed by atoms with Crippen molar-refractivity contribution in [3.63, 3.8) is 0 Å². The number of ether oxygens (including phenoxy) is 1. The van der Waals surface area contributed by atoms with Crippen molar-refractivity contribution in [3.8, 4) is 5.75 Å². The maximum absolute atomic E-state index is 13.5. The standard InChI is InChI=1S/C15H11BrClFO/c1-19-12-6-4-10(5-7-12)2-3-11-8-13(17)15(16)14(18)9-11/h2-9H,1H3/b3-2+. The number of halogens is 3. The van der Waals surface area contributed by atoms with Crippen LogP contribution in [0.25, 0.3) is 12.2 Å². The lowest BCUT2D eigenvalue weighted by Gasteiger charge is -2.01. The summed E-state index contributed by atoms with van der Waals surface area (Å²) in [5, 5.41) is 0.356. The summed E-state index contributed by atoms with van der Waals surface area (Å²) in [6.45, 7) is 0. The van der Waals surface area contributed by atoms with Gasteiger partial charge in [0.15, 0.2) is 0 Å². The molecule has 0 amide bonds. The molecule has 0 saturated heterocycles. The molecule has 2 aromatic rings. The highest BCUT2D eigenvalue weighted by Crippen LogP contribution is 2.27. The van der Waals surface area contributed by atoms with Crippen LogP contribution in [0.1, 0.15) is 11.1 Å². The van der Waals surface area contributed by atoms with Gasteiger partial charge in [-0.05, 0) is 51.3 Å². The summed E-state index contributed by atoms with van der Waals surface area (Å²) in [6, 6.07) is 10.7. The Kier molecular flexibility index (Phi) is 4.61. The lowest BCUT2D eigenvalue weighted by Crippen LogP contribution is -1.83. The third kappa shape index (κ3) is 3.58. The Morgan fingerprint density at radius 1 is 1.11 bits per heavy atom. The molecule has 2 aromatic carbocycles. The summed E-state index contributed by atoms with van der Waals surface area (Å²) >= 11 is 8.98. The fraction of sp³-hybridized carbons (Fsp3) is 0.0667. The zero-order valence-electron chi connectivity index (χ0n) is 10.2. The maximum Gasteiger partial charge on any atom is 0.139 e. The van der Waals surface area contributed by atoms with Crippen LogP contribution in [0.3, 0.4) is 0 Å². The smallest absolute Gasteiger partial charge is 0.139 e. The number of rotatable bonds is 3. The zero-order valence-corrected chi connectivity index (χ0v) is 12.5. The second-order valence-corrected chi connectivity index (χ2v) is 5.11. The molecule has 0 aliphatic heterocycles. The average molecular weight is 342 g/mol. The van der Waals surface area contributed by atoms with Crippen LogP contribution >= 0.6 is 27.5 Å². The molecule has 19 heavy (non-hydrogen) atoms. The molecule has 0 atom stereocenters. The molecule has 0 aliphatic rings. The van der Waals surface area contributed by atoms with Crippen molar-refractivity contribution in [2.75, 3.05) is 7.11 Å². The molecule has 0 spiro atoms. The normalized spacial score (nSPS) is 10.9. The van der Waals surface area contributed by atoms with Crippen LogP contribution in [0.2, 0.25) is 5.02 Å². The monoisotopic (exact) mass is 340 g/mol. The van der Waals surface area contributed by atoms with Crippen molar-refractivity contribution in [3.05, 3.63) is 62.8 Å². The van der Waals surface area contributed by atoms with Crippen LogP contribution in [-0.4, -0.2) is 7.11 Å². The van der Waals surface area contributed by atoms with E-state index in [9.17, 15) is 4.39 Å². The van der Waals surface area contributed by atoms with E-state index in [0.29, 0.717) is 10.6 Å². The Hall–Kier alpha value is -1.32. The Morgan fingerprint density at radius 3 is 2.32 bits per heavy atom. The minimum atomic E-state index is -0.373. The quantitative estimate of drug-likeness (QED) is 0.535. The van der Waals surface area contributed by atoms with E-state index < -0.39 is 0 Å². The molecule has 1 nitrogen and oxygen atoms in total. The van der Waals surface area contributed by atoms with Crippen LogP contribution in [-0.2, 0) is 0 Å². The van der Waals surface area contributed by atoms with E-state index in [1.165, 1.54) is 6.07 Å². The van der Waals surface area contributed by atoms with Crippen molar-refractivity contribution in [2.24, 2.45) is 0 Å². The Morgan fingerprint density at radius 2 is 1.74 bits per heavy atom. The van der Waals surface area contributed by atoms with Gasteiger partial charge in [0.2, 0.25) is 0 Å². The first kappa shape index (κ1) is 14.1. The lowest BCUT2D eigenvalue weighted by molar-refractivity contribution is 0.415. The van der Waals surface area contributed by atoms with E-state index in [1.54, 1.807) is 13.2 Å². The van der Waals surface area contributed by atoms with Crippen molar-refractivity contribution >= 4 is 39.7 Å². The van der Waals surface area contributed by atoms with Crippen LogP contribution in [0.15, 0.2) is 40.9 Å². The minimum Gasteiger partial charge on any atom is -0.497 e. The summed E-state index contributed by atoms with van der Waals surface area (Å²) in [5.41, 5.74) is 1.71. The van der Waals surface area contributed by atoms with Gasteiger partial charge in [-0.15, -0.1) is 0 Å². The second kappa shape index (κ2) is 6.22. The highest BCUT2D eigenvalue weighted by Gasteiger charge is 2.04. The molecular formula is C15H11BrClFO. The number of hydrogen-bond donors (Lipinski definition) is 0. The zero-order chi connectivity index (χ0) is 13.8. The molecular weight excluding hydrogens is 331 g/mol. The summed E-state index contributed by atoms with van der Waals surface area (Å²) in [6.07, 6.45) is 3.70. The molecule has 4 heteroatoms. The van der Waals surface area contributed by atoms with Gasteiger partial charge in [-0.2, -0.15) is 0 Å². The summed E-state index contributed by atoms with van der Waals surface area (Å²) in [4.78, 5) is 0. The molecule has 98 valence electrons. The molecule has 0 bridgehead atoms. The largest absolute Gasteiger partial charge is 0.497 e. The fourth-order valence-corrected chi connectivity index (χ4v) is 2.02. The summed E-state index contributed by atoms with van der Waals surface area (Å²) in [5.74, 6) is 0.428. The van der Waals surface area contributed by atoms with E-state index in [-0.39, 0.29) is 10.3 Å². The van der Waals surface area contributed by atoms with Crippen LogP contribution < -0.4 is 4.74 Å². The predicted molar refractivity (Wildman–Crippen MR) is 81.0 cm³/mol. The van der Waals surface area contributed by atoms with E-state index in [1.807, 2.05) is 36.4 Å². The maximum atomic E-state index is 13.5.